The number of thiol groups is 1. The third-order valence-corrected chi connectivity index (χ3v) is 2.37. The second-order valence-electron chi connectivity index (χ2n) is 2.57. The van der Waals surface area contributed by atoms with Crippen LogP contribution in [0.5, 0.6) is 5.75 Å². The van der Waals surface area contributed by atoms with Crippen molar-refractivity contribution in [3.63, 3.8) is 0 Å². The predicted molar refractivity (Wildman–Crippen MR) is 46.8 cm³/mol. The Bertz CT molecular complexity index is 395. The topological polar surface area (TPSA) is 68.3 Å². The second kappa shape index (κ2) is 3.21. The Morgan fingerprint density at radius 2 is 2.38 bits per heavy atom. The van der Waals surface area contributed by atoms with Crippen LogP contribution < -0.4 is 10.1 Å². The summed E-state index contributed by atoms with van der Waals surface area (Å²) in [6.45, 7) is 1.23. The summed E-state index contributed by atoms with van der Waals surface area (Å²) < 4.78 is 26.4. The van der Waals surface area contributed by atoms with Crippen LogP contribution >= 0.6 is 0 Å². The summed E-state index contributed by atoms with van der Waals surface area (Å²) in [6.07, 6.45) is 1.31. The normalized spacial score (nSPS) is 14.5. The van der Waals surface area contributed by atoms with Crippen molar-refractivity contribution in [1.82, 2.24) is 4.98 Å². The third kappa shape index (κ3) is 1.57. The number of rotatable bonds is 1. The number of nitrogens with zero attached hydrogens (tertiary/aromatic N) is 1. The Morgan fingerprint density at radius 1 is 1.54 bits per heavy atom. The minimum absolute atomic E-state index is 0.178. The summed E-state index contributed by atoms with van der Waals surface area (Å²) in [6, 6.07) is 1.47. The molecule has 0 saturated heterocycles. The maximum absolute atomic E-state index is 10.6. The smallest absolute Gasteiger partial charge is 0.169 e. The molecule has 13 heavy (non-hydrogen) atoms. The number of pyridine rings is 1. The van der Waals surface area contributed by atoms with E-state index in [1.807, 2.05) is 0 Å². The molecule has 1 aromatic heterocycles. The fourth-order valence-electron chi connectivity index (χ4n) is 1.11. The maximum Gasteiger partial charge on any atom is 0.169 e. The molecular weight excluding hydrogens is 192 g/mol. The van der Waals surface area contributed by atoms with Gasteiger partial charge in [0.2, 0.25) is 0 Å². The van der Waals surface area contributed by atoms with Crippen LogP contribution in [0, 0.1) is 0 Å². The van der Waals surface area contributed by atoms with E-state index in [9.17, 15) is 8.42 Å². The summed E-state index contributed by atoms with van der Waals surface area (Å²) in [5, 5.41) is 3.00. The molecule has 1 aliphatic rings. The molecule has 0 fully saturated rings. The van der Waals surface area contributed by atoms with Gasteiger partial charge in [0.15, 0.2) is 22.3 Å². The number of fused-ring (bicyclic) bond motifs is 1. The lowest BCUT2D eigenvalue weighted by atomic mass is 10.4. The zero-order valence-electron chi connectivity index (χ0n) is 6.69. The molecule has 0 radical (unpaired) electrons. The van der Waals surface area contributed by atoms with Gasteiger partial charge in [0.1, 0.15) is 6.61 Å². The number of aromatic nitrogens is 1. The zero-order valence-corrected chi connectivity index (χ0v) is 7.58. The van der Waals surface area contributed by atoms with Crippen molar-refractivity contribution < 1.29 is 13.2 Å². The number of nitrogens with one attached hydrogen (secondary N) is 1. The number of ether oxygens (including phenoxy) is 1. The van der Waals surface area contributed by atoms with Gasteiger partial charge in [0.05, 0.1) is 11.4 Å². The molecule has 0 aromatic carbocycles. The van der Waals surface area contributed by atoms with Crippen molar-refractivity contribution in [2.45, 2.75) is 4.90 Å². The molecule has 0 atom stereocenters. The third-order valence-electron chi connectivity index (χ3n) is 1.70. The van der Waals surface area contributed by atoms with Crippen LogP contribution in [0.3, 0.4) is 0 Å². The van der Waals surface area contributed by atoms with Crippen molar-refractivity contribution >= 4 is 16.5 Å². The Morgan fingerprint density at radius 3 is 3.15 bits per heavy atom. The first kappa shape index (κ1) is 8.31. The Labute approximate surface area is 76.7 Å². The van der Waals surface area contributed by atoms with Crippen molar-refractivity contribution in [1.29, 1.82) is 0 Å². The lowest BCUT2D eigenvalue weighted by Crippen LogP contribution is -2.19. The molecule has 2 rings (SSSR count). The highest BCUT2D eigenvalue weighted by atomic mass is 32.2. The average molecular weight is 200 g/mol. The van der Waals surface area contributed by atoms with Crippen LogP contribution in [0.1, 0.15) is 0 Å². The molecule has 0 amide bonds. The van der Waals surface area contributed by atoms with Crippen molar-refractivity contribution in [2.75, 3.05) is 18.5 Å². The molecule has 0 bridgehead atoms. The highest BCUT2D eigenvalue weighted by Gasteiger charge is 2.11. The molecule has 70 valence electrons. The predicted octanol–water partition coefficient (Wildman–Crippen LogP) is -0.144. The van der Waals surface area contributed by atoms with E-state index >= 15 is 0 Å². The molecule has 5 nitrogen and oxygen atoms in total. The Kier molecular flexibility index (Phi) is 2.05. The molecule has 2 heterocycles. The maximum atomic E-state index is 10.6. The van der Waals surface area contributed by atoms with Crippen LogP contribution in [0.15, 0.2) is 17.2 Å². The van der Waals surface area contributed by atoms with E-state index in [-0.39, 0.29) is 4.90 Å². The largest absolute Gasteiger partial charge is 0.488 e. The fourth-order valence-corrected chi connectivity index (χ4v) is 1.48. The van der Waals surface area contributed by atoms with Gasteiger partial charge >= 0.3 is 0 Å². The van der Waals surface area contributed by atoms with E-state index in [2.05, 4.69) is 10.3 Å². The molecule has 1 N–H and O–H groups in total. The summed E-state index contributed by atoms with van der Waals surface area (Å²) in [5.74, 6) is 1.11. The summed E-state index contributed by atoms with van der Waals surface area (Å²) in [7, 11) is -2.58. The molecule has 1 aliphatic heterocycles. The molecule has 6 heteroatoms. The van der Waals surface area contributed by atoms with Crippen LogP contribution in [-0.4, -0.2) is 26.6 Å². The minimum Gasteiger partial charge on any atom is -0.488 e. The fraction of sp³-hybridized carbons (Fsp3) is 0.286. The lowest BCUT2D eigenvalue weighted by molar-refractivity contribution is 0.320. The lowest BCUT2D eigenvalue weighted by Gasteiger charge is -2.17. The quantitative estimate of drug-likeness (QED) is 0.617. The first-order valence-corrected chi connectivity index (χ1v) is 4.96. The van der Waals surface area contributed by atoms with Crippen LogP contribution in [0.2, 0.25) is 0 Å². The highest BCUT2D eigenvalue weighted by molar-refractivity contribution is 7.72. The van der Waals surface area contributed by atoms with E-state index in [0.717, 1.165) is 0 Å². The van der Waals surface area contributed by atoms with Gasteiger partial charge in [0.25, 0.3) is 0 Å². The van der Waals surface area contributed by atoms with Gasteiger partial charge in [-0.3, -0.25) is 0 Å². The molecule has 1 aromatic rings. The average Bonchev–Trinajstić information content (AvgIpc) is 2.17. The number of hydrogen-bond donors (Lipinski definition) is 2. The molecule has 0 unspecified atom stereocenters. The van der Waals surface area contributed by atoms with Gasteiger partial charge in [-0.1, -0.05) is 0 Å². The standard InChI is InChI=1S/C7H8N2O3S/c10-13(11)5-3-6-7(9-4-5)8-1-2-12-6/h3-4,13H,1-2H2,(H,8,9). The van der Waals surface area contributed by atoms with Crippen molar-refractivity contribution in [3.8, 4) is 5.75 Å². The van der Waals surface area contributed by atoms with Gasteiger partial charge in [-0.05, 0) is 0 Å². The van der Waals surface area contributed by atoms with Crippen LogP contribution in [-0.2, 0) is 10.7 Å². The van der Waals surface area contributed by atoms with Gasteiger partial charge in [-0.25, -0.2) is 13.4 Å². The molecular formula is C7H8N2O3S. The Balaban J connectivity index is 2.46. The van der Waals surface area contributed by atoms with E-state index in [1.54, 1.807) is 0 Å². The van der Waals surface area contributed by atoms with Gasteiger partial charge in [0, 0.05) is 12.3 Å². The summed E-state index contributed by atoms with van der Waals surface area (Å²) in [5.41, 5.74) is 0. The summed E-state index contributed by atoms with van der Waals surface area (Å²) >= 11 is 0. The van der Waals surface area contributed by atoms with E-state index in [0.29, 0.717) is 24.7 Å². The van der Waals surface area contributed by atoms with Gasteiger partial charge in [-0.15, -0.1) is 0 Å². The zero-order chi connectivity index (χ0) is 9.26. The second-order valence-corrected chi connectivity index (χ2v) is 3.60. The summed E-state index contributed by atoms with van der Waals surface area (Å²) in [4.78, 5) is 4.10. The monoisotopic (exact) mass is 200 g/mol. The van der Waals surface area contributed by atoms with Crippen molar-refractivity contribution in [3.05, 3.63) is 12.3 Å². The molecule has 0 aliphatic carbocycles. The number of hydrogen-bond acceptors (Lipinski definition) is 5. The SMILES string of the molecule is O=[SH](=O)c1cnc2c(c1)OCCN2. The minimum atomic E-state index is -2.58. The van der Waals surface area contributed by atoms with Gasteiger partial charge < -0.3 is 10.1 Å². The van der Waals surface area contributed by atoms with Gasteiger partial charge in [-0.2, -0.15) is 0 Å². The van der Waals surface area contributed by atoms with Crippen molar-refractivity contribution in [2.24, 2.45) is 0 Å². The first-order chi connectivity index (χ1) is 6.27. The molecule has 0 saturated carbocycles. The highest BCUT2D eigenvalue weighted by Crippen LogP contribution is 2.25. The first-order valence-electron chi connectivity index (χ1n) is 3.78. The Hall–Kier alpha value is -1.30. The number of anilines is 1. The van der Waals surface area contributed by atoms with Crippen LogP contribution in [0.4, 0.5) is 5.82 Å². The van der Waals surface area contributed by atoms with E-state index < -0.39 is 10.7 Å². The van der Waals surface area contributed by atoms with E-state index in [4.69, 9.17) is 4.74 Å². The van der Waals surface area contributed by atoms with Crippen LogP contribution in [0.25, 0.3) is 0 Å². The van der Waals surface area contributed by atoms with E-state index in [1.165, 1.54) is 12.3 Å². The molecule has 0 spiro atoms.